The average molecular weight is 937 g/mol. The van der Waals surface area contributed by atoms with Gasteiger partial charge in [0.05, 0.1) is 0 Å². The second-order valence-corrected chi connectivity index (χ2v) is 17.3. The lowest BCUT2D eigenvalue weighted by Gasteiger charge is -2.18. The lowest BCUT2D eigenvalue weighted by atomic mass is 10.1. The maximum atomic E-state index is 12.8. The van der Waals surface area contributed by atoms with Crippen LogP contribution in [0.4, 0.5) is 0 Å². The minimum Gasteiger partial charge on any atom is -0.462 e. The predicted octanol–water partition coefficient (Wildman–Crippen LogP) is 18.0. The maximum Gasteiger partial charge on any atom is 0.306 e. The third-order valence-electron chi connectivity index (χ3n) is 10.8. The summed E-state index contributed by atoms with van der Waals surface area (Å²) in [6.07, 6.45) is 78.1. The molecule has 0 heterocycles. The van der Waals surface area contributed by atoms with E-state index >= 15 is 0 Å². The van der Waals surface area contributed by atoms with E-state index < -0.39 is 6.10 Å². The van der Waals surface area contributed by atoms with Gasteiger partial charge < -0.3 is 14.2 Å². The molecule has 6 nitrogen and oxygen atoms in total. The number of hydrogen-bond acceptors (Lipinski definition) is 6. The van der Waals surface area contributed by atoms with Gasteiger partial charge in [-0.05, 0) is 89.9 Å². The molecule has 1 unspecified atom stereocenters. The summed E-state index contributed by atoms with van der Waals surface area (Å²) in [7, 11) is 0. The zero-order valence-corrected chi connectivity index (χ0v) is 43.3. The van der Waals surface area contributed by atoms with E-state index in [-0.39, 0.29) is 37.5 Å². The molecule has 0 aromatic carbocycles. The first-order chi connectivity index (χ1) is 33.5. The van der Waals surface area contributed by atoms with Gasteiger partial charge in [0.25, 0.3) is 0 Å². The molecule has 0 N–H and O–H groups in total. The van der Waals surface area contributed by atoms with E-state index in [0.717, 1.165) is 109 Å². The standard InChI is InChI=1S/C62H96O6/c1-4-7-10-13-16-19-22-25-28-30-32-34-37-40-43-46-49-52-55-61(64)67-58-59(57-66-60(63)54-51-48-45-42-39-36-33-27-24-21-18-15-12-9-6-3)68-62(65)56-53-50-47-44-41-38-35-31-29-26-23-20-17-14-11-8-5-2/h8,11,14,16-32,34-35,38,41,59H,4-7,9-10,12-13,15,33,36-37,39-40,42-58H2,1-3H3/b11-8-,17-14-,19-16-,21-18-,23-20-,25-22-,27-24-,29-26-,30-28-,34-32-,35-31+,41-38-. The highest BCUT2D eigenvalue weighted by Crippen LogP contribution is 2.13. The van der Waals surface area contributed by atoms with E-state index in [9.17, 15) is 14.4 Å². The molecule has 0 fully saturated rings. The van der Waals surface area contributed by atoms with E-state index in [1.54, 1.807) is 0 Å². The number of unbranched alkanes of at least 4 members (excludes halogenated alkanes) is 20. The van der Waals surface area contributed by atoms with Gasteiger partial charge in [0.2, 0.25) is 0 Å². The third kappa shape index (κ3) is 52.3. The van der Waals surface area contributed by atoms with Crippen molar-refractivity contribution in [2.45, 2.75) is 213 Å². The summed E-state index contributed by atoms with van der Waals surface area (Å²) < 4.78 is 16.8. The smallest absolute Gasteiger partial charge is 0.306 e. The fourth-order valence-corrected chi connectivity index (χ4v) is 6.77. The molecular weight excluding hydrogens is 841 g/mol. The van der Waals surface area contributed by atoms with E-state index in [0.29, 0.717) is 19.3 Å². The number of allylic oxidation sites excluding steroid dienone is 24. The maximum absolute atomic E-state index is 12.8. The van der Waals surface area contributed by atoms with Crippen LogP contribution in [0.25, 0.3) is 0 Å². The Bertz CT molecular complexity index is 1540. The summed E-state index contributed by atoms with van der Waals surface area (Å²) in [4.78, 5) is 38.1. The van der Waals surface area contributed by atoms with Crippen molar-refractivity contribution in [2.24, 2.45) is 0 Å². The van der Waals surface area contributed by atoms with Crippen molar-refractivity contribution < 1.29 is 28.6 Å². The van der Waals surface area contributed by atoms with Crippen molar-refractivity contribution in [3.05, 3.63) is 146 Å². The molecule has 380 valence electrons. The van der Waals surface area contributed by atoms with E-state index in [2.05, 4.69) is 106 Å². The molecule has 0 saturated heterocycles. The number of hydrogen-bond donors (Lipinski definition) is 0. The van der Waals surface area contributed by atoms with Crippen molar-refractivity contribution in [1.29, 1.82) is 0 Å². The first kappa shape index (κ1) is 63.3. The molecule has 0 radical (unpaired) electrons. The second-order valence-electron chi connectivity index (χ2n) is 17.3. The lowest BCUT2D eigenvalue weighted by molar-refractivity contribution is -0.167. The van der Waals surface area contributed by atoms with Crippen molar-refractivity contribution in [3.8, 4) is 0 Å². The molecule has 0 aliphatic rings. The summed E-state index contributed by atoms with van der Waals surface area (Å²) in [5, 5.41) is 0. The normalized spacial score (nSPS) is 13.3. The van der Waals surface area contributed by atoms with Crippen molar-refractivity contribution in [1.82, 2.24) is 0 Å². The quantitative estimate of drug-likeness (QED) is 0.0262. The van der Waals surface area contributed by atoms with Crippen LogP contribution < -0.4 is 0 Å². The highest BCUT2D eigenvalue weighted by atomic mass is 16.6. The fourth-order valence-electron chi connectivity index (χ4n) is 6.77. The van der Waals surface area contributed by atoms with Gasteiger partial charge >= 0.3 is 17.9 Å². The summed E-state index contributed by atoms with van der Waals surface area (Å²) in [6, 6.07) is 0. The summed E-state index contributed by atoms with van der Waals surface area (Å²) in [5.74, 6) is -1.00. The number of esters is 3. The topological polar surface area (TPSA) is 78.9 Å². The van der Waals surface area contributed by atoms with Gasteiger partial charge in [-0.15, -0.1) is 0 Å². The molecule has 0 aliphatic carbocycles. The van der Waals surface area contributed by atoms with Gasteiger partial charge in [0.1, 0.15) is 13.2 Å². The van der Waals surface area contributed by atoms with E-state index in [1.807, 2.05) is 60.8 Å². The van der Waals surface area contributed by atoms with Crippen LogP contribution in [-0.2, 0) is 28.6 Å². The predicted molar refractivity (Wildman–Crippen MR) is 292 cm³/mol. The van der Waals surface area contributed by atoms with Crippen molar-refractivity contribution >= 4 is 17.9 Å². The zero-order chi connectivity index (χ0) is 49.3. The van der Waals surface area contributed by atoms with Crippen LogP contribution in [-0.4, -0.2) is 37.2 Å². The van der Waals surface area contributed by atoms with Gasteiger partial charge in [0, 0.05) is 19.3 Å². The van der Waals surface area contributed by atoms with Crippen LogP contribution in [0, 0.1) is 0 Å². The van der Waals surface area contributed by atoms with Gasteiger partial charge in [0.15, 0.2) is 6.10 Å². The Morgan fingerprint density at radius 3 is 0.926 bits per heavy atom. The molecule has 0 aromatic heterocycles. The zero-order valence-electron chi connectivity index (χ0n) is 43.3. The summed E-state index contributed by atoms with van der Waals surface area (Å²) in [6.45, 7) is 6.34. The number of ether oxygens (including phenoxy) is 3. The van der Waals surface area contributed by atoms with Crippen LogP contribution in [0.3, 0.4) is 0 Å². The van der Waals surface area contributed by atoms with Crippen LogP contribution in [0.15, 0.2) is 146 Å². The Labute approximate surface area is 417 Å². The Hall–Kier alpha value is -4.71. The van der Waals surface area contributed by atoms with Crippen molar-refractivity contribution in [2.75, 3.05) is 13.2 Å². The minimum atomic E-state index is -0.823. The SMILES string of the molecule is CC\C=C/C=C\C=C/C=C\C=C\C=C/CCCCCC(=O)OC(COC(=O)CCCCCCC\C=C/C=C\C=C/C=C\CCCCC)COC(=O)CCCCCCCC/C=C\C=C/CCCCC. The molecule has 0 spiro atoms. The van der Waals surface area contributed by atoms with Crippen LogP contribution in [0.1, 0.15) is 207 Å². The van der Waals surface area contributed by atoms with Crippen molar-refractivity contribution in [3.63, 3.8) is 0 Å². The Morgan fingerprint density at radius 2 is 0.574 bits per heavy atom. The molecule has 0 bridgehead atoms. The number of carbonyl (C=O) groups is 3. The molecule has 68 heavy (non-hydrogen) atoms. The van der Waals surface area contributed by atoms with Crippen LogP contribution in [0.5, 0.6) is 0 Å². The van der Waals surface area contributed by atoms with E-state index in [4.69, 9.17) is 14.2 Å². The second kappa shape index (κ2) is 54.9. The number of carbonyl (C=O) groups excluding carboxylic acids is 3. The van der Waals surface area contributed by atoms with Crippen LogP contribution in [0.2, 0.25) is 0 Å². The molecule has 0 aromatic rings. The molecule has 0 saturated carbocycles. The van der Waals surface area contributed by atoms with E-state index in [1.165, 1.54) is 51.4 Å². The highest BCUT2D eigenvalue weighted by molar-refractivity contribution is 5.71. The Balaban J connectivity index is 4.59. The number of rotatable bonds is 46. The van der Waals surface area contributed by atoms with Gasteiger partial charge in [-0.3, -0.25) is 14.4 Å². The first-order valence-corrected chi connectivity index (χ1v) is 27.0. The lowest BCUT2D eigenvalue weighted by Crippen LogP contribution is -2.30. The van der Waals surface area contributed by atoms with Gasteiger partial charge in [-0.25, -0.2) is 0 Å². The minimum absolute atomic E-state index is 0.117. The summed E-state index contributed by atoms with van der Waals surface area (Å²) >= 11 is 0. The molecule has 0 rings (SSSR count). The Morgan fingerprint density at radius 1 is 0.309 bits per heavy atom. The molecule has 6 heteroatoms. The Kier molecular flexibility index (Phi) is 51.1. The summed E-state index contributed by atoms with van der Waals surface area (Å²) in [5.41, 5.74) is 0. The van der Waals surface area contributed by atoms with Crippen LogP contribution >= 0.6 is 0 Å². The molecule has 0 amide bonds. The highest BCUT2D eigenvalue weighted by Gasteiger charge is 2.19. The largest absolute Gasteiger partial charge is 0.462 e. The molecule has 0 aliphatic heterocycles. The molecule has 1 atom stereocenters. The first-order valence-electron chi connectivity index (χ1n) is 27.0. The fraction of sp³-hybridized carbons (Fsp3) is 0.565. The van der Waals surface area contributed by atoms with Gasteiger partial charge in [-0.1, -0.05) is 244 Å². The van der Waals surface area contributed by atoms with Gasteiger partial charge in [-0.2, -0.15) is 0 Å². The monoisotopic (exact) mass is 937 g/mol. The molecular formula is C62H96O6. The third-order valence-corrected chi connectivity index (χ3v) is 10.8. The average Bonchev–Trinajstić information content (AvgIpc) is 3.34.